The van der Waals surface area contributed by atoms with Crippen LogP contribution in [0.25, 0.3) is 0 Å². The smallest absolute Gasteiger partial charge is 0.311 e. The number of esters is 1. The number of amidine groups is 1. The van der Waals surface area contributed by atoms with Crippen LogP contribution >= 0.6 is 11.6 Å². The van der Waals surface area contributed by atoms with Gasteiger partial charge in [-0.2, -0.15) is 4.99 Å². The molecule has 0 radical (unpaired) electrons. The van der Waals surface area contributed by atoms with Crippen molar-refractivity contribution in [3.05, 3.63) is 57.6 Å². The van der Waals surface area contributed by atoms with E-state index in [1.54, 1.807) is 24.3 Å². The van der Waals surface area contributed by atoms with Crippen molar-refractivity contribution in [1.29, 1.82) is 0 Å². The molecule has 138 valence electrons. The van der Waals surface area contributed by atoms with Gasteiger partial charge in [-0.3, -0.25) is 19.7 Å². The van der Waals surface area contributed by atoms with Crippen LogP contribution in [-0.2, 0) is 9.59 Å². The zero-order valence-electron chi connectivity index (χ0n) is 14.0. The second-order valence-corrected chi connectivity index (χ2v) is 6.23. The number of nitro groups is 1. The van der Waals surface area contributed by atoms with E-state index in [1.165, 1.54) is 18.2 Å². The first-order valence-corrected chi connectivity index (χ1v) is 8.51. The van der Waals surface area contributed by atoms with Gasteiger partial charge in [0.15, 0.2) is 0 Å². The number of fused-ring (bicyclic) bond motifs is 1. The highest BCUT2D eigenvalue weighted by atomic mass is 35.5. The second kappa shape index (κ2) is 8.05. The van der Waals surface area contributed by atoms with Crippen molar-refractivity contribution in [1.82, 2.24) is 0 Å². The van der Waals surface area contributed by atoms with Gasteiger partial charge in [0.2, 0.25) is 0 Å². The Kier molecular flexibility index (Phi) is 5.56. The molecule has 0 saturated heterocycles. The number of nitro benzene ring substituents is 1. The topological polar surface area (TPSA) is 111 Å². The van der Waals surface area contributed by atoms with Gasteiger partial charge >= 0.3 is 5.97 Å². The standard InChI is InChI=1S/C18H14ClN3O5/c19-13-10-11(8-9-15(13)22(25)26)27-17(23)7-3-6-16-20-14-5-2-1-4-12(14)18(24)21-16/h1-2,4-5,8-10,12H,3,6-7H2. The Bertz CT molecular complexity index is 933. The molecular formula is C18H14ClN3O5. The fraction of sp³-hybridized carbons (Fsp3) is 0.222. The van der Waals surface area contributed by atoms with E-state index in [2.05, 4.69) is 9.98 Å². The molecule has 3 rings (SSSR count). The minimum absolute atomic E-state index is 0.0752. The van der Waals surface area contributed by atoms with Crippen LogP contribution in [0.4, 0.5) is 5.69 Å². The number of halogens is 1. The van der Waals surface area contributed by atoms with Crippen LogP contribution in [0, 0.1) is 16.0 Å². The maximum Gasteiger partial charge on any atom is 0.311 e. The van der Waals surface area contributed by atoms with Gasteiger partial charge in [-0.15, -0.1) is 0 Å². The molecule has 9 heteroatoms. The molecule has 1 aromatic carbocycles. The van der Waals surface area contributed by atoms with Gasteiger partial charge in [0.1, 0.15) is 22.5 Å². The Labute approximate surface area is 159 Å². The summed E-state index contributed by atoms with van der Waals surface area (Å²) in [6, 6.07) is 3.70. The van der Waals surface area contributed by atoms with E-state index in [1.807, 2.05) is 0 Å². The zero-order chi connectivity index (χ0) is 19.4. The largest absolute Gasteiger partial charge is 0.426 e. The van der Waals surface area contributed by atoms with E-state index in [4.69, 9.17) is 16.3 Å². The number of hydrogen-bond acceptors (Lipinski definition) is 6. The molecular weight excluding hydrogens is 374 g/mol. The molecule has 0 saturated carbocycles. The Hall–Kier alpha value is -3.13. The molecule has 0 aromatic heterocycles. The van der Waals surface area contributed by atoms with Crippen LogP contribution in [0.3, 0.4) is 0 Å². The van der Waals surface area contributed by atoms with Crippen molar-refractivity contribution in [3.63, 3.8) is 0 Å². The molecule has 1 aliphatic heterocycles. The SMILES string of the molecule is O=C(CCCC1=NC(=O)C2C=CC=CC2=N1)Oc1ccc([N+](=O)[O-])c(Cl)c1. The monoisotopic (exact) mass is 387 g/mol. The van der Waals surface area contributed by atoms with E-state index in [0.717, 1.165) is 0 Å². The summed E-state index contributed by atoms with van der Waals surface area (Å²) in [7, 11) is 0. The van der Waals surface area contributed by atoms with Gasteiger partial charge in [-0.25, -0.2) is 4.99 Å². The average molecular weight is 388 g/mol. The number of ether oxygens (including phenoxy) is 1. The molecule has 1 amide bonds. The first-order valence-electron chi connectivity index (χ1n) is 8.13. The van der Waals surface area contributed by atoms with Crippen LogP contribution in [0.1, 0.15) is 19.3 Å². The van der Waals surface area contributed by atoms with Crippen molar-refractivity contribution >= 4 is 40.7 Å². The third kappa shape index (κ3) is 4.53. The third-order valence-corrected chi connectivity index (χ3v) is 4.20. The van der Waals surface area contributed by atoms with Crippen LogP contribution in [0.5, 0.6) is 5.75 Å². The van der Waals surface area contributed by atoms with E-state index >= 15 is 0 Å². The van der Waals surface area contributed by atoms with Crippen LogP contribution < -0.4 is 4.74 Å². The Morgan fingerprint density at radius 2 is 2.11 bits per heavy atom. The summed E-state index contributed by atoms with van der Waals surface area (Å²) in [6.45, 7) is 0. The molecule has 1 aromatic rings. The van der Waals surface area contributed by atoms with E-state index in [-0.39, 0.29) is 28.8 Å². The Morgan fingerprint density at radius 1 is 1.30 bits per heavy atom. The number of benzene rings is 1. The summed E-state index contributed by atoms with van der Waals surface area (Å²) in [5, 5.41) is 10.6. The molecule has 0 bridgehead atoms. The summed E-state index contributed by atoms with van der Waals surface area (Å²) in [5.41, 5.74) is 0.385. The zero-order valence-corrected chi connectivity index (χ0v) is 14.8. The molecule has 1 aliphatic carbocycles. The lowest BCUT2D eigenvalue weighted by Crippen LogP contribution is -2.27. The van der Waals surface area contributed by atoms with Gasteiger partial charge in [0.05, 0.1) is 10.6 Å². The van der Waals surface area contributed by atoms with Gasteiger partial charge in [-0.05, 0) is 18.6 Å². The fourth-order valence-corrected chi connectivity index (χ4v) is 2.84. The lowest BCUT2D eigenvalue weighted by molar-refractivity contribution is -0.384. The highest BCUT2D eigenvalue weighted by Crippen LogP contribution is 2.28. The van der Waals surface area contributed by atoms with Crippen molar-refractivity contribution in [3.8, 4) is 5.75 Å². The van der Waals surface area contributed by atoms with Crippen molar-refractivity contribution in [2.75, 3.05) is 0 Å². The molecule has 27 heavy (non-hydrogen) atoms. The number of amides is 1. The molecule has 1 atom stereocenters. The predicted molar refractivity (Wildman–Crippen MR) is 99.2 cm³/mol. The number of nitrogens with zero attached hydrogens (tertiary/aromatic N) is 3. The van der Waals surface area contributed by atoms with E-state index in [0.29, 0.717) is 24.4 Å². The van der Waals surface area contributed by atoms with Crippen molar-refractivity contribution < 1.29 is 19.2 Å². The van der Waals surface area contributed by atoms with Gasteiger partial charge in [-0.1, -0.05) is 29.8 Å². The maximum atomic E-state index is 12.0. The summed E-state index contributed by atoms with van der Waals surface area (Å²) in [6.07, 6.45) is 7.92. The number of carbonyl (C=O) groups is 2. The number of hydrogen-bond donors (Lipinski definition) is 0. The van der Waals surface area contributed by atoms with Crippen LogP contribution in [0.15, 0.2) is 52.5 Å². The lowest BCUT2D eigenvalue weighted by Gasteiger charge is -2.17. The van der Waals surface area contributed by atoms with Crippen LogP contribution in [0.2, 0.25) is 5.02 Å². The Morgan fingerprint density at radius 3 is 2.85 bits per heavy atom. The summed E-state index contributed by atoms with van der Waals surface area (Å²) < 4.78 is 5.12. The Balaban J connectivity index is 1.52. The first-order chi connectivity index (χ1) is 12.9. The minimum Gasteiger partial charge on any atom is -0.426 e. The van der Waals surface area contributed by atoms with E-state index < -0.39 is 16.8 Å². The first kappa shape index (κ1) is 18.7. The third-order valence-electron chi connectivity index (χ3n) is 3.89. The quantitative estimate of drug-likeness (QED) is 0.321. The summed E-state index contributed by atoms with van der Waals surface area (Å²) in [5.74, 6) is -0.691. The highest BCUT2D eigenvalue weighted by Gasteiger charge is 2.26. The number of aliphatic imine (C=N–C) groups is 2. The van der Waals surface area contributed by atoms with Gasteiger partial charge in [0.25, 0.3) is 11.6 Å². The molecule has 1 unspecified atom stereocenters. The maximum absolute atomic E-state index is 12.0. The lowest BCUT2D eigenvalue weighted by atomic mass is 9.96. The van der Waals surface area contributed by atoms with Gasteiger partial charge in [0, 0.05) is 25.0 Å². The van der Waals surface area contributed by atoms with Crippen molar-refractivity contribution in [2.24, 2.45) is 15.9 Å². The number of carbonyl (C=O) groups excluding carboxylic acids is 2. The van der Waals surface area contributed by atoms with Gasteiger partial charge < -0.3 is 4.74 Å². The summed E-state index contributed by atoms with van der Waals surface area (Å²) >= 11 is 5.78. The molecule has 1 heterocycles. The molecule has 0 fully saturated rings. The van der Waals surface area contributed by atoms with E-state index in [9.17, 15) is 19.7 Å². The fourth-order valence-electron chi connectivity index (χ4n) is 2.60. The normalized spacial score (nSPS) is 17.8. The molecule has 0 spiro atoms. The molecule has 8 nitrogen and oxygen atoms in total. The second-order valence-electron chi connectivity index (χ2n) is 5.82. The number of allylic oxidation sites excluding steroid dienone is 3. The average Bonchev–Trinajstić information content (AvgIpc) is 2.61. The number of rotatable bonds is 6. The highest BCUT2D eigenvalue weighted by molar-refractivity contribution is 6.32. The van der Waals surface area contributed by atoms with Crippen molar-refractivity contribution in [2.45, 2.75) is 19.3 Å². The van der Waals surface area contributed by atoms with Crippen LogP contribution in [-0.4, -0.2) is 28.3 Å². The minimum atomic E-state index is -0.622. The summed E-state index contributed by atoms with van der Waals surface area (Å²) in [4.78, 5) is 42.3. The molecule has 2 aliphatic rings. The predicted octanol–water partition coefficient (Wildman–Crippen LogP) is 3.45. The molecule has 0 N–H and O–H groups in total.